The third-order valence-electron chi connectivity index (χ3n) is 2.65. The highest BCUT2D eigenvalue weighted by atomic mass is 32.2. The molecule has 0 spiro atoms. The van der Waals surface area contributed by atoms with E-state index in [1.54, 1.807) is 0 Å². The average Bonchev–Trinajstić information content (AvgIpc) is 2.38. The topological polar surface area (TPSA) is 30.5 Å². The Morgan fingerprint density at radius 3 is 2.78 bits per heavy atom. The molecule has 1 aromatic rings. The van der Waals surface area contributed by atoms with Gasteiger partial charge < -0.3 is 14.8 Å². The minimum absolute atomic E-state index is 0.229. The van der Waals surface area contributed by atoms with Gasteiger partial charge >= 0.3 is 0 Å². The fourth-order valence-corrected chi connectivity index (χ4v) is 2.75. The van der Waals surface area contributed by atoms with Gasteiger partial charge in [-0.15, -0.1) is 11.8 Å². The number of ether oxygens (including phenoxy) is 2. The molecular formula is C14H21NO2S. The number of nitrogens with one attached hydrogen (secondary N) is 1. The highest BCUT2D eigenvalue weighted by Crippen LogP contribution is 2.23. The Labute approximate surface area is 113 Å². The fraction of sp³-hybridized carbons (Fsp3) is 0.571. The predicted molar refractivity (Wildman–Crippen MR) is 75.5 cm³/mol. The predicted octanol–water partition coefficient (Wildman–Crippen LogP) is 2.55. The molecule has 1 aromatic carbocycles. The first kappa shape index (κ1) is 13.7. The van der Waals surface area contributed by atoms with Gasteiger partial charge in [-0.1, -0.05) is 0 Å². The van der Waals surface area contributed by atoms with Crippen LogP contribution in [0.4, 0.5) is 0 Å². The Morgan fingerprint density at radius 2 is 2.17 bits per heavy atom. The van der Waals surface area contributed by atoms with E-state index in [0.717, 1.165) is 31.3 Å². The van der Waals surface area contributed by atoms with Gasteiger partial charge in [0.1, 0.15) is 5.75 Å². The summed E-state index contributed by atoms with van der Waals surface area (Å²) in [4.78, 5) is 1.28. The summed E-state index contributed by atoms with van der Waals surface area (Å²) in [6.07, 6.45) is 0.229. The Balaban J connectivity index is 1.78. The zero-order chi connectivity index (χ0) is 12.8. The van der Waals surface area contributed by atoms with E-state index in [2.05, 4.69) is 17.4 Å². The summed E-state index contributed by atoms with van der Waals surface area (Å²) in [5, 5.41) is 3.46. The molecule has 0 bridgehead atoms. The molecule has 0 aromatic heterocycles. The number of rotatable bonds is 5. The van der Waals surface area contributed by atoms with Crippen LogP contribution in [0.1, 0.15) is 13.8 Å². The molecule has 1 saturated heterocycles. The first-order valence-electron chi connectivity index (χ1n) is 6.44. The molecule has 1 fully saturated rings. The monoisotopic (exact) mass is 267 g/mol. The molecule has 100 valence electrons. The van der Waals surface area contributed by atoms with Crippen molar-refractivity contribution in [2.45, 2.75) is 30.9 Å². The molecule has 1 aliphatic heterocycles. The average molecular weight is 267 g/mol. The van der Waals surface area contributed by atoms with Gasteiger partial charge in [0, 0.05) is 23.2 Å². The normalized spacial score (nSPS) is 20.1. The summed E-state index contributed by atoms with van der Waals surface area (Å²) in [6, 6.07) is 8.77. The molecular weight excluding hydrogens is 246 g/mol. The molecule has 4 heteroatoms. The molecule has 3 nitrogen and oxygen atoms in total. The minimum Gasteiger partial charge on any atom is -0.491 e. The molecule has 1 unspecified atom stereocenters. The summed E-state index contributed by atoms with van der Waals surface area (Å²) < 4.78 is 11.1. The Bertz CT molecular complexity index is 347. The maximum absolute atomic E-state index is 5.62. The van der Waals surface area contributed by atoms with Crippen molar-refractivity contribution in [3.05, 3.63) is 24.3 Å². The van der Waals surface area contributed by atoms with Crippen LogP contribution in [0.25, 0.3) is 0 Å². The van der Waals surface area contributed by atoms with Crippen molar-refractivity contribution in [1.82, 2.24) is 5.32 Å². The van der Waals surface area contributed by atoms with Gasteiger partial charge in [-0.05, 0) is 38.1 Å². The van der Waals surface area contributed by atoms with Crippen molar-refractivity contribution in [2.75, 3.05) is 25.5 Å². The lowest BCUT2D eigenvalue weighted by atomic mass is 10.3. The van der Waals surface area contributed by atoms with Gasteiger partial charge in [0.25, 0.3) is 0 Å². The fourth-order valence-electron chi connectivity index (χ4n) is 1.81. The number of thioether (sulfide) groups is 1. The van der Waals surface area contributed by atoms with Crippen LogP contribution in [0.15, 0.2) is 29.2 Å². The number of hydrogen-bond donors (Lipinski definition) is 1. The lowest BCUT2D eigenvalue weighted by Gasteiger charge is -2.23. The van der Waals surface area contributed by atoms with E-state index in [9.17, 15) is 0 Å². The zero-order valence-electron chi connectivity index (χ0n) is 11.0. The van der Waals surface area contributed by atoms with E-state index in [0.29, 0.717) is 6.04 Å². The van der Waals surface area contributed by atoms with E-state index in [-0.39, 0.29) is 6.10 Å². The highest BCUT2D eigenvalue weighted by molar-refractivity contribution is 7.99. The van der Waals surface area contributed by atoms with Crippen molar-refractivity contribution >= 4 is 11.8 Å². The number of morpholine rings is 1. The maximum Gasteiger partial charge on any atom is 0.119 e. The molecule has 18 heavy (non-hydrogen) atoms. The summed E-state index contributed by atoms with van der Waals surface area (Å²) >= 11 is 1.86. The van der Waals surface area contributed by atoms with Crippen LogP contribution in [-0.2, 0) is 4.74 Å². The molecule has 1 aliphatic rings. The molecule has 0 saturated carbocycles. The Kier molecular flexibility index (Phi) is 5.35. The second-order valence-corrected chi connectivity index (χ2v) is 5.77. The first-order chi connectivity index (χ1) is 8.74. The van der Waals surface area contributed by atoms with E-state index < -0.39 is 0 Å². The van der Waals surface area contributed by atoms with Gasteiger partial charge in [0.05, 0.1) is 19.3 Å². The Morgan fingerprint density at radius 1 is 1.39 bits per heavy atom. The molecule has 0 aliphatic carbocycles. The van der Waals surface area contributed by atoms with Gasteiger partial charge in [0.2, 0.25) is 0 Å². The third kappa shape index (κ3) is 4.52. The van der Waals surface area contributed by atoms with Gasteiger partial charge in [-0.25, -0.2) is 0 Å². The summed E-state index contributed by atoms with van der Waals surface area (Å²) in [5.74, 6) is 1.98. The van der Waals surface area contributed by atoms with E-state index in [1.807, 2.05) is 37.7 Å². The molecule has 0 amide bonds. The number of hydrogen-bond acceptors (Lipinski definition) is 4. The van der Waals surface area contributed by atoms with E-state index >= 15 is 0 Å². The van der Waals surface area contributed by atoms with Crippen LogP contribution in [0.3, 0.4) is 0 Å². The summed E-state index contributed by atoms with van der Waals surface area (Å²) in [5.41, 5.74) is 0. The van der Waals surface area contributed by atoms with Crippen molar-refractivity contribution in [2.24, 2.45) is 0 Å². The van der Waals surface area contributed by atoms with Crippen LogP contribution in [0.5, 0.6) is 5.75 Å². The largest absolute Gasteiger partial charge is 0.491 e. The second kappa shape index (κ2) is 7.02. The lowest BCUT2D eigenvalue weighted by molar-refractivity contribution is 0.0837. The van der Waals surface area contributed by atoms with Gasteiger partial charge in [-0.3, -0.25) is 0 Å². The highest BCUT2D eigenvalue weighted by Gasteiger charge is 2.12. The van der Waals surface area contributed by atoms with Crippen molar-refractivity contribution in [1.29, 1.82) is 0 Å². The van der Waals surface area contributed by atoms with Crippen molar-refractivity contribution < 1.29 is 9.47 Å². The maximum atomic E-state index is 5.62. The van der Waals surface area contributed by atoms with Crippen LogP contribution < -0.4 is 10.1 Å². The summed E-state index contributed by atoms with van der Waals surface area (Å²) in [7, 11) is 0. The standard InChI is InChI=1S/C14H21NO2S/c1-11(2)17-13-3-5-14(6-4-13)18-10-12-9-16-8-7-15-12/h3-6,11-12,15H,7-10H2,1-2H3. The Hall–Kier alpha value is -0.710. The van der Waals surface area contributed by atoms with Crippen LogP contribution in [0.2, 0.25) is 0 Å². The van der Waals surface area contributed by atoms with Gasteiger partial charge in [0.15, 0.2) is 0 Å². The molecule has 1 heterocycles. The smallest absolute Gasteiger partial charge is 0.119 e. The van der Waals surface area contributed by atoms with Crippen LogP contribution in [-0.4, -0.2) is 37.7 Å². The second-order valence-electron chi connectivity index (χ2n) is 4.67. The SMILES string of the molecule is CC(C)Oc1ccc(SCC2COCCN2)cc1. The quantitative estimate of drug-likeness (QED) is 0.831. The number of benzene rings is 1. The van der Waals surface area contributed by atoms with Crippen molar-refractivity contribution in [3.63, 3.8) is 0 Å². The first-order valence-corrected chi connectivity index (χ1v) is 7.43. The van der Waals surface area contributed by atoms with Gasteiger partial charge in [-0.2, -0.15) is 0 Å². The van der Waals surface area contributed by atoms with Crippen molar-refractivity contribution in [3.8, 4) is 5.75 Å². The molecule has 0 radical (unpaired) electrons. The molecule has 1 atom stereocenters. The zero-order valence-corrected chi connectivity index (χ0v) is 11.8. The van der Waals surface area contributed by atoms with Crippen LogP contribution in [0, 0.1) is 0 Å². The third-order valence-corrected chi connectivity index (χ3v) is 3.82. The minimum atomic E-state index is 0.229. The van der Waals surface area contributed by atoms with Crippen LogP contribution >= 0.6 is 11.8 Å². The van der Waals surface area contributed by atoms with E-state index in [1.165, 1.54) is 4.90 Å². The molecule has 2 rings (SSSR count). The van der Waals surface area contributed by atoms with E-state index in [4.69, 9.17) is 9.47 Å². The molecule has 1 N–H and O–H groups in total. The summed E-state index contributed by atoms with van der Waals surface area (Å²) in [6.45, 7) is 6.70. The lowest BCUT2D eigenvalue weighted by Crippen LogP contribution is -2.42.